The van der Waals surface area contributed by atoms with Gasteiger partial charge in [-0.15, -0.1) is 11.3 Å². The molecule has 0 aliphatic rings. The van der Waals surface area contributed by atoms with Crippen LogP contribution < -0.4 is 10.1 Å². The van der Waals surface area contributed by atoms with Crippen LogP contribution in [0.2, 0.25) is 9.36 Å². The van der Waals surface area contributed by atoms with Crippen LogP contribution in [0, 0.1) is 10.1 Å². The summed E-state index contributed by atoms with van der Waals surface area (Å²) < 4.78 is 28.2. The summed E-state index contributed by atoms with van der Waals surface area (Å²) in [6.45, 7) is 1.72. The summed E-state index contributed by atoms with van der Waals surface area (Å²) in [6, 6.07) is 13.1. The quantitative estimate of drug-likeness (QED) is 0.257. The average molecular weight is 485 g/mol. The normalized spacial score (nSPS) is 11.9. The molecule has 0 amide bonds. The Balaban J connectivity index is 1.88. The Morgan fingerprint density at radius 3 is 2.53 bits per heavy atom. The minimum Gasteiger partial charge on any atom is -0.280 e. The van der Waals surface area contributed by atoms with Crippen LogP contribution >= 0.6 is 34.5 Å². The van der Waals surface area contributed by atoms with Gasteiger partial charge in [-0.2, -0.15) is 5.10 Å². The van der Waals surface area contributed by atoms with Gasteiger partial charge in [-0.25, -0.2) is 8.42 Å². The monoisotopic (exact) mass is 484 g/mol. The van der Waals surface area contributed by atoms with Gasteiger partial charge in [0.25, 0.3) is 15.7 Å². The second kappa shape index (κ2) is 9.00. The van der Waals surface area contributed by atoms with E-state index in [9.17, 15) is 18.5 Å². The summed E-state index contributed by atoms with van der Waals surface area (Å²) in [5, 5.41) is 16.0. The number of hydrazone groups is 1. The summed E-state index contributed by atoms with van der Waals surface area (Å²) in [6.07, 6.45) is 0. The first-order chi connectivity index (χ1) is 14.2. The molecule has 3 aromatic rings. The Morgan fingerprint density at radius 1 is 1.13 bits per heavy atom. The zero-order valence-corrected chi connectivity index (χ0v) is 18.4. The summed E-state index contributed by atoms with van der Waals surface area (Å²) in [5.41, 5.74) is 3.03. The first kappa shape index (κ1) is 22.0. The van der Waals surface area contributed by atoms with E-state index in [1.165, 1.54) is 35.6 Å². The van der Waals surface area contributed by atoms with Crippen molar-refractivity contribution in [1.29, 1.82) is 0 Å². The number of benzene rings is 2. The number of sulfonamides is 1. The van der Waals surface area contributed by atoms with E-state index in [1.54, 1.807) is 31.2 Å². The molecule has 12 heteroatoms. The number of thiophene rings is 1. The molecule has 0 saturated carbocycles. The fourth-order valence-corrected chi connectivity index (χ4v) is 4.65. The number of nitrogens with zero attached hydrogens (tertiary/aromatic N) is 2. The molecule has 2 N–H and O–H groups in total. The van der Waals surface area contributed by atoms with Gasteiger partial charge < -0.3 is 0 Å². The van der Waals surface area contributed by atoms with Crippen LogP contribution in [-0.4, -0.2) is 19.1 Å². The van der Waals surface area contributed by atoms with Gasteiger partial charge in [-0.05, 0) is 49.4 Å². The molecule has 0 saturated heterocycles. The van der Waals surface area contributed by atoms with Gasteiger partial charge in [0.05, 0.1) is 30.4 Å². The lowest BCUT2D eigenvalue weighted by molar-refractivity contribution is -0.384. The van der Waals surface area contributed by atoms with E-state index in [0.29, 0.717) is 15.1 Å². The van der Waals surface area contributed by atoms with Crippen LogP contribution in [0.1, 0.15) is 11.8 Å². The Hall–Kier alpha value is -2.66. The first-order valence-electron chi connectivity index (χ1n) is 8.28. The van der Waals surface area contributed by atoms with E-state index < -0.39 is 20.6 Å². The molecule has 0 bridgehead atoms. The first-order valence-corrected chi connectivity index (χ1v) is 11.3. The predicted octanol–water partition coefficient (Wildman–Crippen LogP) is 5.60. The lowest BCUT2D eigenvalue weighted by Gasteiger charge is -2.10. The molecule has 3 rings (SSSR count). The molecule has 1 heterocycles. The molecule has 0 aliphatic heterocycles. The lowest BCUT2D eigenvalue weighted by Crippen LogP contribution is -2.13. The maximum atomic E-state index is 12.6. The van der Waals surface area contributed by atoms with Crippen molar-refractivity contribution in [3.63, 3.8) is 0 Å². The minimum absolute atomic E-state index is 0.0451. The zero-order chi connectivity index (χ0) is 21.9. The van der Waals surface area contributed by atoms with Crippen molar-refractivity contribution in [3.05, 3.63) is 78.9 Å². The maximum Gasteiger partial charge on any atom is 0.295 e. The van der Waals surface area contributed by atoms with Crippen molar-refractivity contribution in [2.24, 2.45) is 5.10 Å². The number of rotatable bonds is 7. The molecule has 0 spiro atoms. The van der Waals surface area contributed by atoms with Crippen LogP contribution in [0.5, 0.6) is 0 Å². The molecular formula is C18H14Cl2N4O4S2. The molecule has 0 aliphatic carbocycles. The molecule has 2 aromatic carbocycles. The summed E-state index contributed by atoms with van der Waals surface area (Å²) in [4.78, 5) is 11.3. The molecule has 0 atom stereocenters. The van der Waals surface area contributed by atoms with Crippen molar-refractivity contribution in [1.82, 2.24) is 0 Å². The molecule has 1 aromatic heterocycles. The predicted molar refractivity (Wildman–Crippen MR) is 121 cm³/mol. The maximum absolute atomic E-state index is 12.6. The molecule has 30 heavy (non-hydrogen) atoms. The van der Waals surface area contributed by atoms with Crippen LogP contribution in [0.4, 0.5) is 17.1 Å². The van der Waals surface area contributed by atoms with Crippen LogP contribution in [0.3, 0.4) is 0 Å². The zero-order valence-electron chi connectivity index (χ0n) is 15.3. The van der Waals surface area contributed by atoms with Gasteiger partial charge in [0, 0.05) is 11.1 Å². The summed E-state index contributed by atoms with van der Waals surface area (Å²) in [5.74, 6) is 0. The van der Waals surface area contributed by atoms with Gasteiger partial charge in [-0.1, -0.05) is 29.3 Å². The van der Waals surface area contributed by atoms with Crippen molar-refractivity contribution in [3.8, 4) is 0 Å². The number of anilines is 2. The molecule has 156 valence electrons. The van der Waals surface area contributed by atoms with E-state index in [2.05, 4.69) is 15.2 Å². The SMILES string of the molecule is CC(=NNc1ccc(S(=O)(=O)Nc2cccc(Cl)c2)cc1[N+](=O)[O-])c1ccc(Cl)s1. The number of halogens is 2. The molecule has 8 nitrogen and oxygen atoms in total. The highest BCUT2D eigenvalue weighted by Gasteiger charge is 2.22. The number of hydrogen-bond donors (Lipinski definition) is 2. The highest BCUT2D eigenvalue weighted by Crippen LogP contribution is 2.29. The van der Waals surface area contributed by atoms with Crippen molar-refractivity contribution in [2.75, 3.05) is 10.1 Å². The number of nitro groups is 1. The summed E-state index contributed by atoms with van der Waals surface area (Å²) in [7, 11) is -4.06. The van der Waals surface area contributed by atoms with Crippen LogP contribution in [0.25, 0.3) is 0 Å². The fourth-order valence-electron chi connectivity index (χ4n) is 2.40. The highest BCUT2D eigenvalue weighted by atomic mass is 35.5. The third-order valence-corrected chi connectivity index (χ3v) is 6.78. The number of nitro benzene ring substituents is 1. The Labute approximate surface area is 186 Å². The Morgan fingerprint density at radius 2 is 1.90 bits per heavy atom. The topological polar surface area (TPSA) is 114 Å². The third kappa shape index (κ3) is 5.28. The molecule has 0 radical (unpaired) electrons. The Bertz CT molecular complexity index is 1240. The van der Waals surface area contributed by atoms with E-state index in [0.717, 1.165) is 10.9 Å². The van der Waals surface area contributed by atoms with Gasteiger partial charge in [-0.3, -0.25) is 20.3 Å². The van der Waals surface area contributed by atoms with Crippen LogP contribution in [-0.2, 0) is 10.0 Å². The second-order valence-electron chi connectivity index (χ2n) is 5.96. The van der Waals surface area contributed by atoms with E-state index >= 15 is 0 Å². The standard InChI is InChI=1S/C18H14Cl2N4O4S2/c1-11(17-7-8-18(20)29-17)21-22-15-6-5-14(10-16(15)24(25)26)30(27,28)23-13-4-2-3-12(19)9-13/h2-10,22-23H,1H3. The van der Waals surface area contributed by atoms with Gasteiger partial charge in [0.1, 0.15) is 5.69 Å². The van der Waals surface area contributed by atoms with E-state index in [-0.39, 0.29) is 16.3 Å². The van der Waals surface area contributed by atoms with Crippen molar-refractivity contribution < 1.29 is 13.3 Å². The number of nitrogens with one attached hydrogen (secondary N) is 2. The van der Waals surface area contributed by atoms with Crippen molar-refractivity contribution >= 4 is 67.3 Å². The molecular weight excluding hydrogens is 471 g/mol. The van der Waals surface area contributed by atoms with E-state index in [4.69, 9.17) is 23.2 Å². The smallest absolute Gasteiger partial charge is 0.280 e. The Kier molecular flexibility index (Phi) is 6.61. The molecule has 0 fully saturated rings. The third-order valence-electron chi connectivity index (χ3n) is 3.83. The minimum atomic E-state index is -4.06. The summed E-state index contributed by atoms with van der Waals surface area (Å²) >= 11 is 13.1. The highest BCUT2D eigenvalue weighted by molar-refractivity contribution is 7.92. The van der Waals surface area contributed by atoms with Gasteiger partial charge in [0.2, 0.25) is 0 Å². The second-order valence-corrected chi connectivity index (χ2v) is 9.80. The van der Waals surface area contributed by atoms with Crippen molar-refractivity contribution in [2.45, 2.75) is 11.8 Å². The fraction of sp³-hybridized carbons (Fsp3) is 0.0556. The van der Waals surface area contributed by atoms with E-state index in [1.807, 2.05) is 0 Å². The van der Waals surface area contributed by atoms with Gasteiger partial charge >= 0.3 is 0 Å². The van der Waals surface area contributed by atoms with Gasteiger partial charge in [0.15, 0.2) is 0 Å². The largest absolute Gasteiger partial charge is 0.295 e. The lowest BCUT2D eigenvalue weighted by atomic mass is 10.3. The number of hydrogen-bond acceptors (Lipinski definition) is 7. The van der Waals surface area contributed by atoms with Crippen LogP contribution in [0.15, 0.2) is 64.6 Å². The average Bonchev–Trinajstić information content (AvgIpc) is 3.12. The molecule has 0 unspecified atom stereocenters.